The molecule has 2 heterocycles. The molecular formula is C32H29ClN2O3S. The van der Waals surface area contributed by atoms with E-state index in [1.165, 1.54) is 29.7 Å². The molecule has 39 heavy (non-hydrogen) atoms. The van der Waals surface area contributed by atoms with Gasteiger partial charge in [-0.2, -0.15) is 0 Å². The van der Waals surface area contributed by atoms with Crippen molar-refractivity contribution in [3.8, 4) is 27.6 Å². The highest BCUT2D eigenvalue weighted by molar-refractivity contribution is 7.13. The van der Waals surface area contributed by atoms with Gasteiger partial charge in [0.25, 0.3) is 0 Å². The standard InChI is InChI=1S/C32H29ClN2O3S/c1-20-15-30(39-19-20)27-13-10-24(33)16-23(27)18-38-26-11-7-21(8-12-26)31-34-28-17-22(32(36)37)9-14-29(28)35(31)25-5-3-2-4-6-25/h7-17,19,25H,2-6,18H2,1H3,(H,36,37). The summed E-state index contributed by atoms with van der Waals surface area (Å²) in [5.41, 5.74) is 6.36. The van der Waals surface area contributed by atoms with Gasteiger partial charge in [-0.15, -0.1) is 11.3 Å². The van der Waals surface area contributed by atoms with Gasteiger partial charge in [0.1, 0.15) is 18.2 Å². The lowest BCUT2D eigenvalue weighted by Crippen LogP contribution is -2.14. The Labute approximate surface area is 236 Å². The monoisotopic (exact) mass is 556 g/mol. The molecule has 0 radical (unpaired) electrons. The summed E-state index contributed by atoms with van der Waals surface area (Å²) in [5, 5.41) is 12.3. The van der Waals surface area contributed by atoms with Crippen molar-refractivity contribution >= 4 is 39.9 Å². The molecule has 1 aliphatic rings. The van der Waals surface area contributed by atoms with Gasteiger partial charge in [-0.3, -0.25) is 0 Å². The third kappa shape index (κ3) is 5.32. The molecule has 1 aliphatic carbocycles. The number of carboxylic acids is 1. The number of fused-ring (bicyclic) bond motifs is 1. The average molecular weight is 557 g/mol. The Morgan fingerprint density at radius 1 is 1.05 bits per heavy atom. The summed E-state index contributed by atoms with van der Waals surface area (Å²) in [4.78, 5) is 17.7. The Balaban J connectivity index is 1.29. The maximum atomic E-state index is 11.6. The van der Waals surface area contributed by atoms with Crippen LogP contribution in [0.3, 0.4) is 0 Å². The molecule has 0 bridgehead atoms. The summed E-state index contributed by atoms with van der Waals surface area (Å²) in [5.74, 6) is 0.695. The maximum absolute atomic E-state index is 11.6. The van der Waals surface area contributed by atoms with E-state index in [0.717, 1.165) is 46.6 Å². The van der Waals surface area contributed by atoms with Gasteiger partial charge in [0.15, 0.2) is 0 Å². The number of thiophene rings is 1. The van der Waals surface area contributed by atoms with Crippen LogP contribution >= 0.6 is 22.9 Å². The Kier molecular flexibility index (Phi) is 7.15. The topological polar surface area (TPSA) is 64.3 Å². The molecule has 0 aliphatic heterocycles. The summed E-state index contributed by atoms with van der Waals surface area (Å²) < 4.78 is 8.52. The molecule has 0 saturated heterocycles. The van der Waals surface area contributed by atoms with Crippen LogP contribution < -0.4 is 4.74 Å². The van der Waals surface area contributed by atoms with Crippen LogP contribution in [-0.4, -0.2) is 20.6 Å². The minimum atomic E-state index is -0.941. The highest BCUT2D eigenvalue weighted by Crippen LogP contribution is 2.37. The predicted molar refractivity (Wildman–Crippen MR) is 158 cm³/mol. The van der Waals surface area contributed by atoms with Crippen molar-refractivity contribution in [2.45, 2.75) is 51.7 Å². The van der Waals surface area contributed by atoms with Gasteiger partial charge in [0.2, 0.25) is 0 Å². The number of halogens is 1. The zero-order valence-corrected chi connectivity index (χ0v) is 23.3. The second-order valence-corrected chi connectivity index (χ2v) is 11.6. The van der Waals surface area contributed by atoms with E-state index in [-0.39, 0.29) is 5.56 Å². The smallest absolute Gasteiger partial charge is 0.335 e. The van der Waals surface area contributed by atoms with Crippen LogP contribution in [0.15, 0.2) is 72.1 Å². The van der Waals surface area contributed by atoms with Crippen molar-refractivity contribution in [2.75, 3.05) is 0 Å². The quantitative estimate of drug-likeness (QED) is 0.217. The van der Waals surface area contributed by atoms with Gasteiger partial charge in [-0.1, -0.05) is 36.9 Å². The van der Waals surface area contributed by atoms with Gasteiger partial charge >= 0.3 is 5.97 Å². The highest BCUT2D eigenvalue weighted by atomic mass is 35.5. The van der Waals surface area contributed by atoms with Crippen LogP contribution in [0.25, 0.3) is 32.9 Å². The van der Waals surface area contributed by atoms with Crippen molar-refractivity contribution in [2.24, 2.45) is 0 Å². The van der Waals surface area contributed by atoms with Gasteiger partial charge in [0, 0.05) is 21.5 Å². The second kappa shape index (κ2) is 10.9. The van der Waals surface area contributed by atoms with E-state index >= 15 is 0 Å². The summed E-state index contributed by atoms with van der Waals surface area (Å²) >= 11 is 8.05. The fraction of sp³-hybridized carbons (Fsp3) is 0.250. The van der Waals surface area contributed by atoms with Crippen LogP contribution in [0, 0.1) is 6.92 Å². The molecule has 3 aromatic carbocycles. The zero-order chi connectivity index (χ0) is 26.9. The van der Waals surface area contributed by atoms with Crippen LogP contribution in [0.4, 0.5) is 0 Å². The largest absolute Gasteiger partial charge is 0.489 e. The van der Waals surface area contributed by atoms with E-state index < -0.39 is 5.97 Å². The number of ether oxygens (including phenoxy) is 1. The summed E-state index contributed by atoms with van der Waals surface area (Å²) in [6.45, 7) is 2.51. The second-order valence-electron chi connectivity index (χ2n) is 10.2. The average Bonchev–Trinajstić information content (AvgIpc) is 3.56. The normalized spacial score (nSPS) is 14.1. The molecule has 5 aromatic rings. The van der Waals surface area contributed by atoms with Crippen LogP contribution in [-0.2, 0) is 6.61 Å². The van der Waals surface area contributed by atoms with Gasteiger partial charge in [-0.05, 0) is 102 Å². The number of nitrogens with zero attached hydrogens (tertiary/aromatic N) is 2. The van der Waals surface area contributed by atoms with Gasteiger partial charge in [0.05, 0.1) is 16.6 Å². The predicted octanol–water partition coefficient (Wildman–Crippen LogP) is 9.18. The number of benzene rings is 3. The third-order valence-electron chi connectivity index (χ3n) is 7.45. The minimum Gasteiger partial charge on any atom is -0.489 e. The van der Waals surface area contributed by atoms with Gasteiger partial charge in [-0.25, -0.2) is 9.78 Å². The van der Waals surface area contributed by atoms with Crippen molar-refractivity contribution in [3.05, 3.63) is 93.8 Å². The Hall–Kier alpha value is -3.61. The zero-order valence-electron chi connectivity index (χ0n) is 21.7. The first-order chi connectivity index (χ1) is 19.0. The van der Waals surface area contributed by atoms with E-state index in [9.17, 15) is 9.90 Å². The maximum Gasteiger partial charge on any atom is 0.335 e. The molecule has 0 atom stereocenters. The molecule has 1 N–H and O–H groups in total. The number of rotatable bonds is 7. The number of aromatic carboxylic acids is 1. The Bertz CT molecular complexity index is 1650. The number of hydrogen-bond acceptors (Lipinski definition) is 4. The number of hydrogen-bond donors (Lipinski definition) is 1. The molecule has 0 spiro atoms. The van der Waals surface area contributed by atoms with E-state index in [4.69, 9.17) is 21.3 Å². The summed E-state index contributed by atoms with van der Waals surface area (Å²) in [6.07, 6.45) is 5.85. The van der Waals surface area contributed by atoms with Crippen LogP contribution in [0.5, 0.6) is 5.75 Å². The lowest BCUT2D eigenvalue weighted by molar-refractivity contribution is 0.0697. The van der Waals surface area contributed by atoms with Gasteiger partial charge < -0.3 is 14.4 Å². The molecule has 6 rings (SSSR count). The van der Waals surface area contributed by atoms with Crippen molar-refractivity contribution in [1.82, 2.24) is 9.55 Å². The molecule has 2 aromatic heterocycles. The molecule has 1 fully saturated rings. The highest BCUT2D eigenvalue weighted by Gasteiger charge is 2.23. The fourth-order valence-electron chi connectivity index (χ4n) is 5.50. The molecule has 1 saturated carbocycles. The lowest BCUT2D eigenvalue weighted by atomic mass is 9.95. The molecule has 7 heteroatoms. The first kappa shape index (κ1) is 25.7. The van der Waals surface area contributed by atoms with Crippen molar-refractivity contribution in [3.63, 3.8) is 0 Å². The van der Waals surface area contributed by atoms with E-state index in [2.05, 4.69) is 29.0 Å². The fourth-order valence-corrected chi connectivity index (χ4v) is 6.66. The number of aromatic nitrogens is 2. The molecule has 5 nitrogen and oxygen atoms in total. The van der Waals surface area contributed by atoms with Crippen LogP contribution in [0.2, 0.25) is 5.02 Å². The van der Waals surface area contributed by atoms with E-state index in [1.807, 2.05) is 42.5 Å². The first-order valence-electron chi connectivity index (χ1n) is 13.3. The Morgan fingerprint density at radius 2 is 1.85 bits per heavy atom. The molecule has 0 amide bonds. The summed E-state index contributed by atoms with van der Waals surface area (Å²) in [7, 11) is 0. The minimum absolute atomic E-state index is 0.254. The third-order valence-corrected chi connectivity index (χ3v) is 8.76. The Morgan fingerprint density at radius 3 is 2.56 bits per heavy atom. The number of imidazole rings is 1. The number of aryl methyl sites for hydroxylation is 1. The molecule has 198 valence electrons. The van der Waals surface area contributed by atoms with Crippen LogP contribution in [0.1, 0.15) is 59.6 Å². The summed E-state index contributed by atoms with van der Waals surface area (Å²) in [6, 6.07) is 21.8. The number of carbonyl (C=O) groups is 1. The van der Waals surface area contributed by atoms with Crippen molar-refractivity contribution in [1.29, 1.82) is 0 Å². The number of carboxylic acid groups (broad SMARTS) is 1. The molecule has 0 unspecified atom stereocenters. The lowest BCUT2D eigenvalue weighted by Gasteiger charge is -2.25. The van der Waals surface area contributed by atoms with E-state index in [0.29, 0.717) is 23.2 Å². The molecular weight excluding hydrogens is 528 g/mol. The van der Waals surface area contributed by atoms with E-state index in [1.54, 1.807) is 23.5 Å². The van der Waals surface area contributed by atoms with Crippen molar-refractivity contribution < 1.29 is 14.6 Å². The first-order valence-corrected chi connectivity index (χ1v) is 14.5. The SMILES string of the molecule is Cc1csc(-c2ccc(Cl)cc2COc2ccc(-c3nc4cc(C(=O)O)ccc4n3C3CCCCC3)cc2)c1.